The summed E-state index contributed by atoms with van der Waals surface area (Å²) in [4.78, 5) is 11.0. The summed E-state index contributed by atoms with van der Waals surface area (Å²) in [6.45, 7) is 5.19. The molecule has 0 aromatic carbocycles. The first-order valence-electron chi connectivity index (χ1n) is 5.64. The van der Waals surface area contributed by atoms with Gasteiger partial charge in [0.2, 0.25) is 0 Å². The van der Waals surface area contributed by atoms with Crippen molar-refractivity contribution in [3.05, 3.63) is 11.9 Å². The van der Waals surface area contributed by atoms with E-state index in [0.717, 1.165) is 24.6 Å². The van der Waals surface area contributed by atoms with Crippen molar-refractivity contribution in [2.45, 2.75) is 39.2 Å². The first-order chi connectivity index (χ1) is 7.24. The van der Waals surface area contributed by atoms with Crippen LogP contribution in [0.15, 0.2) is 6.07 Å². The van der Waals surface area contributed by atoms with Crippen LogP contribution in [0.1, 0.15) is 32.5 Å². The molecule has 2 N–H and O–H groups in total. The van der Waals surface area contributed by atoms with E-state index in [1.54, 1.807) is 0 Å². The van der Waals surface area contributed by atoms with Crippen molar-refractivity contribution in [1.82, 2.24) is 9.97 Å². The van der Waals surface area contributed by atoms with Gasteiger partial charge in [0.15, 0.2) is 0 Å². The van der Waals surface area contributed by atoms with Crippen LogP contribution in [0.25, 0.3) is 0 Å². The smallest absolute Gasteiger partial charge is 0.134 e. The molecule has 1 aliphatic rings. The molecule has 0 amide bonds. The zero-order chi connectivity index (χ0) is 10.8. The van der Waals surface area contributed by atoms with E-state index in [1.165, 1.54) is 12.8 Å². The highest BCUT2D eigenvalue weighted by Crippen LogP contribution is 2.30. The number of nitrogens with two attached hydrogens (primary N) is 1. The van der Waals surface area contributed by atoms with E-state index in [4.69, 9.17) is 5.73 Å². The van der Waals surface area contributed by atoms with Gasteiger partial charge < -0.3 is 10.6 Å². The van der Waals surface area contributed by atoms with Gasteiger partial charge in [-0.15, -0.1) is 0 Å². The second-order valence-corrected chi connectivity index (χ2v) is 3.94. The second-order valence-electron chi connectivity index (χ2n) is 3.94. The molecule has 82 valence electrons. The van der Waals surface area contributed by atoms with Crippen molar-refractivity contribution in [2.75, 3.05) is 17.2 Å². The van der Waals surface area contributed by atoms with Crippen LogP contribution in [0, 0.1) is 0 Å². The molecule has 2 rings (SSSR count). The SMILES string of the molecule is CCc1nc(N)cc(N(CC)C2CC2)n1. The molecule has 4 nitrogen and oxygen atoms in total. The Bertz CT molecular complexity index is 346. The Hall–Kier alpha value is -1.32. The summed E-state index contributed by atoms with van der Waals surface area (Å²) >= 11 is 0. The van der Waals surface area contributed by atoms with Gasteiger partial charge >= 0.3 is 0 Å². The van der Waals surface area contributed by atoms with Crippen LogP contribution in [-0.2, 0) is 6.42 Å². The predicted molar refractivity (Wildman–Crippen MR) is 61.9 cm³/mol. The van der Waals surface area contributed by atoms with Gasteiger partial charge in [-0.1, -0.05) is 6.92 Å². The molecule has 4 heteroatoms. The van der Waals surface area contributed by atoms with E-state index in [1.807, 2.05) is 13.0 Å². The highest BCUT2D eigenvalue weighted by atomic mass is 15.2. The van der Waals surface area contributed by atoms with Crippen molar-refractivity contribution in [3.63, 3.8) is 0 Å². The van der Waals surface area contributed by atoms with Gasteiger partial charge in [0.25, 0.3) is 0 Å². The average molecular weight is 206 g/mol. The maximum atomic E-state index is 5.77. The molecular formula is C11H18N4. The monoisotopic (exact) mass is 206 g/mol. The Morgan fingerprint density at radius 1 is 1.40 bits per heavy atom. The molecule has 15 heavy (non-hydrogen) atoms. The number of aromatic nitrogens is 2. The third-order valence-corrected chi connectivity index (χ3v) is 2.72. The Morgan fingerprint density at radius 2 is 2.13 bits per heavy atom. The third-order valence-electron chi connectivity index (χ3n) is 2.72. The van der Waals surface area contributed by atoms with E-state index in [2.05, 4.69) is 21.8 Å². The lowest BCUT2D eigenvalue weighted by Gasteiger charge is -2.21. The molecule has 1 saturated carbocycles. The van der Waals surface area contributed by atoms with Crippen LogP contribution < -0.4 is 10.6 Å². The zero-order valence-corrected chi connectivity index (χ0v) is 9.40. The first-order valence-corrected chi connectivity index (χ1v) is 5.64. The summed E-state index contributed by atoms with van der Waals surface area (Å²) < 4.78 is 0. The average Bonchev–Trinajstić information content (AvgIpc) is 3.02. The molecule has 0 spiro atoms. The van der Waals surface area contributed by atoms with Crippen molar-refractivity contribution in [3.8, 4) is 0 Å². The molecule has 1 fully saturated rings. The fourth-order valence-electron chi connectivity index (χ4n) is 1.80. The fourth-order valence-corrected chi connectivity index (χ4v) is 1.80. The summed E-state index contributed by atoms with van der Waals surface area (Å²) in [5.74, 6) is 2.41. The van der Waals surface area contributed by atoms with Gasteiger partial charge in [0, 0.05) is 25.1 Å². The number of rotatable bonds is 4. The minimum absolute atomic E-state index is 0.580. The van der Waals surface area contributed by atoms with Crippen LogP contribution in [-0.4, -0.2) is 22.6 Å². The largest absolute Gasteiger partial charge is 0.384 e. The van der Waals surface area contributed by atoms with Crippen molar-refractivity contribution >= 4 is 11.6 Å². The van der Waals surface area contributed by atoms with Gasteiger partial charge in [0.05, 0.1) is 0 Å². The topological polar surface area (TPSA) is 55.0 Å². The van der Waals surface area contributed by atoms with E-state index >= 15 is 0 Å². The highest BCUT2D eigenvalue weighted by Gasteiger charge is 2.29. The van der Waals surface area contributed by atoms with Crippen LogP contribution >= 0.6 is 0 Å². The summed E-state index contributed by atoms with van der Waals surface area (Å²) in [5, 5.41) is 0. The number of nitrogen functional groups attached to an aromatic ring is 1. The number of anilines is 2. The van der Waals surface area contributed by atoms with Crippen LogP contribution in [0.2, 0.25) is 0 Å². The van der Waals surface area contributed by atoms with E-state index in [9.17, 15) is 0 Å². The minimum Gasteiger partial charge on any atom is -0.384 e. The molecule has 1 aromatic rings. The summed E-state index contributed by atoms with van der Waals surface area (Å²) in [5.41, 5.74) is 5.77. The van der Waals surface area contributed by atoms with E-state index < -0.39 is 0 Å². The molecule has 0 atom stereocenters. The Morgan fingerprint density at radius 3 is 2.67 bits per heavy atom. The Balaban J connectivity index is 2.28. The number of hydrogen-bond acceptors (Lipinski definition) is 4. The normalized spacial score (nSPS) is 15.3. The number of nitrogens with zero attached hydrogens (tertiary/aromatic N) is 3. The molecule has 1 aromatic heterocycles. The lowest BCUT2D eigenvalue weighted by Crippen LogP contribution is -2.26. The minimum atomic E-state index is 0.580. The van der Waals surface area contributed by atoms with Gasteiger partial charge in [-0.3, -0.25) is 0 Å². The number of aryl methyl sites for hydroxylation is 1. The van der Waals surface area contributed by atoms with Crippen LogP contribution in [0.5, 0.6) is 0 Å². The van der Waals surface area contributed by atoms with E-state index in [0.29, 0.717) is 11.9 Å². The Kier molecular flexibility index (Phi) is 2.75. The van der Waals surface area contributed by atoms with Gasteiger partial charge in [0.1, 0.15) is 17.5 Å². The lowest BCUT2D eigenvalue weighted by atomic mass is 10.4. The molecule has 1 heterocycles. The maximum Gasteiger partial charge on any atom is 0.134 e. The quantitative estimate of drug-likeness (QED) is 0.813. The first kappa shape index (κ1) is 10.2. The van der Waals surface area contributed by atoms with Crippen molar-refractivity contribution < 1.29 is 0 Å². The summed E-state index contributed by atoms with van der Waals surface area (Å²) in [6.07, 6.45) is 3.39. The standard InChI is InChI=1S/C11H18N4/c1-3-10-13-9(12)7-11(14-10)15(4-2)8-5-6-8/h7-8H,3-6H2,1-2H3,(H2,12,13,14). The predicted octanol–water partition coefficient (Wildman–Crippen LogP) is 1.61. The summed E-state index contributed by atoms with van der Waals surface area (Å²) in [6, 6.07) is 2.55. The summed E-state index contributed by atoms with van der Waals surface area (Å²) in [7, 11) is 0. The van der Waals surface area contributed by atoms with Gasteiger partial charge in [-0.2, -0.15) is 0 Å². The molecule has 0 saturated heterocycles. The van der Waals surface area contributed by atoms with E-state index in [-0.39, 0.29) is 0 Å². The van der Waals surface area contributed by atoms with Crippen LogP contribution in [0.4, 0.5) is 11.6 Å². The second kappa shape index (κ2) is 4.04. The van der Waals surface area contributed by atoms with Crippen molar-refractivity contribution in [1.29, 1.82) is 0 Å². The molecule has 0 unspecified atom stereocenters. The van der Waals surface area contributed by atoms with Gasteiger partial charge in [-0.25, -0.2) is 9.97 Å². The molecule has 0 radical (unpaired) electrons. The molecule has 1 aliphatic carbocycles. The van der Waals surface area contributed by atoms with Crippen LogP contribution in [0.3, 0.4) is 0 Å². The zero-order valence-electron chi connectivity index (χ0n) is 9.40. The molecule has 0 bridgehead atoms. The molecular weight excluding hydrogens is 188 g/mol. The molecule has 0 aliphatic heterocycles. The maximum absolute atomic E-state index is 5.77. The Labute approximate surface area is 90.5 Å². The highest BCUT2D eigenvalue weighted by molar-refractivity contribution is 5.48. The van der Waals surface area contributed by atoms with Crippen molar-refractivity contribution in [2.24, 2.45) is 0 Å². The number of hydrogen-bond donors (Lipinski definition) is 1. The van der Waals surface area contributed by atoms with Gasteiger partial charge in [-0.05, 0) is 19.8 Å². The lowest BCUT2D eigenvalue weighted by molar-refractivity contribution is 0.793. The third kappa shape index (κ3) is 2.19. The fraction of sp³-hybridized carbons (Fsp3) is 0.636.